The summed E-state index contributed by atoms with van der Waals surface area (Å²) in [6.07, 6.45) is 13.6. The van der Waals surface area contributed by atoms with Gasteiger partial charge in [-0.15, -0.1) is 6.58 Å². The van der Waals surface area contributed by atoms with Crippen LogP contribution in [0.3, 0.4) is 0 Å². The van der Waals surface area contributed by atoms with Crippen molar-refractivity contribution in [3.63, 3.8) is 0 Å². The Hall–Kier alpha value is -4.05. The first-order valence-electron chi connectivity index (χ1n) is 14.6. The molecule has 0 N–H and O–H groups in total. The van der Waals surface area contributed by atoms with Crippen molar-refractivity contribution in [1.29, 1.82) is 0 Å². The standard InChI is InChI=1S/C39H44ClNO2/c1-9-13-19-30(11-3)41(31-20-15-14-16-21-31)32-24-25-37(39(27-32)43-8)36-23-17-22-34(35(36)18-10-2)29(6)33(12-4)38(42-7)26-28(5)40/h9-18,20-25,27,30,38H,3,5-6,19,26H2,1-2,4,7-8H3. The molecule has 0 radical (unpaired) electrons. The molecule has 2 atom stereocenters. The van der Waals surface area contributed by atoms with Gasteiger partial charge in [0, 0.05) is 41.6 Å². The van der Waals surface area contributed by atoms with E-state index in [0.29, 0.717) is 11.5 Å². The Morgan fingerprint density at radius 2 is 1.65 bits per heavy atom. The Bertz CT molecular complexity index is 1500. The average Bonchev–Trinajstić information content (AvgIpc) is 3.03. The number of para-hydroxylation sites is 1. The third kappa shape index (κ3) is 8.07. The summed E-state index contributed by atoms with van der Waals surface area (Å²) in [5.41, 5.74) is 8.07. The Balaban J connectivity index is 2.18. The van der Waals surface area contributed by atoms with Crippen LogP contribution in [0.25, 0.3) is 22.8 Å². The predicted molar refractivity (Wildman–Crippen MR) is 188 cm³/mol. The first-order chi connectivity index (χ1) is 20.8. The smallest absolute Gasteiger partial charge is 0.128 e. The molecule has 0 bridgehead atoms. The molecule has 3 nitrogen and oxygen atoms in total. The molecule has 224 valence electrons. The predicted octanol–water partition coefficient (Wildman–Crippen LogP) is 11.2. The van der Waals surface area contributed by atoms with Crippen molar-refractivity contribution in [3.8, 4) is 16.9 Å². The zero-order valence-electron chi connectivity index (χ0n) is 26.1. The number of benzene rings is 3. The molecule has 3 aromatic rings. The van der Waals surface area contributed by atoms with Crippen molar-refractivity contribution in [2.75, 3.05) is 19.1 Å². The first kappa shape index (κ1) is 33.5. The fraction of sp³-hybridized carbons (Fsp3) is 0.231. The van der Waals surface area contributed by atoms with Crippen LogP contribution in [0.4, 0.5) is 11.4 Å². The van der Waals surface area contributed by atoms with Crippen molar-refractivity contribution in [3.05, 3.63) is 139 Å². The molecule has 0 aliphatic rings. The van der Waals surface area contributed by atoms with E-state index in [2.05, 4.69) is 104 Å². The second-order valence-corrected chi connectivity index (χ2v) is 10.7. The number of allylic oxidation sites excluding steroid dienone is 3. The van der Waals surface area contributed by atoms with Crippen LogP contribution in [-0.2, 0) is 4.74 Å². The van der Waals surface area contributed by atoms with Crippen LogP contribution in [0.1, 0.15) is 44.7 Å². The van der Waals surface area contributed by atoms with Gasteiger partial charge in [-0.1, -0.05) is 97.6 Å². The van der Waals surface area contributed by atoms with Gasteiger partial charge in [-0.3, -0.25) is 0 Å². The summed E-state index contributed by atoms with van der Waals surface area (Å²) in [5, 5.41) is 0.542. The fourth-order valence-electron chi connectivity index (χ4n) is 5.40. The molecular formula is C39H44ClNO2. The van der Waals surface area contributed by atoms with Crippen LogP contribution >= 0.6 is 11.6 Å². The summed E-state index contributed by atoms with van der Waals surface area (Å²) < 4.78 is 11.9. The number of nitrogens with zero attached hydrogens (tertiary/aromatic N) is 1. The van der Waals surface area contributed by atoms with Crippen molar-refractivity contribution in [1.82, 2.24) is 0 Å². The van der Waals surface area contributed by atoms with E-state index >= 15 is 0 Å². The zero-order valence-corrected chi connectivity index (χ0v) is 26.9. The number of ether oxygens (including phenoxy) is 2. The average molecular weight is 594 g/mol. The monoisotopic (exact) mass is 593 g/mol. The van der Waals surface area contributed by atoms with E-state index in [-0.39, 0.29) is 12.1 Å². The maximum atomic E-state index is 6.18. The molecule has 0 spiro atoms. The number of methoxy groups -OCH3 is 2. The van der Waals surface area contributed by atoms with Gasteiger partial charge in [0.2, 0.25) is 0 Å². The van der Waals surface area contributed by atoms with Gasteiger partial charge in [-0.05, 0) is 79.3 Å². The molecule has 3 rings (SSSR count). The lowest BCUT2D eigenvalue weighted by Gasteiger charge is -2.32. The molecule has 0 saturated heterocycles. The van der Waals surface area contributed by atoms with Gasteiger partial charge in [0.25, 0.3) is 0 Å². The van der Waals surface area contributed by atoms with Crippen LogP contribution in [0.2, 0.25) is 0 Å². The molecule has 0 heterocycles. The van der Waals surface area contributed by atoms with Gasteiger partial charge in [0.1, 0.15) is 5.75 Å². The number of rotatable bonds is 15. The zero-order chi connectivity index (χ0) is 31.4. The van der Waals surface area contributed by atoms with Gasteiger partial charge in [-0.25, -0.2) is 0 Å². The van der Waals surface area contributed by atoms with E-state index in [9.17, 15) is 0 Å². The largest absolute Gasteiger partial charge is 0.496 e. The van der Waals surface area contributed by atoms with Crippen LogP contribution in [0.5, 0.6) is 5.75 Å². The van der Waals surface area contributed by atoms with Gasteiger partial charge in [0.05, 0.1) is 19.3 Å². The van der Waals surface area contributed by atoms with E-state index in [4.69, 9.17) is 21.1 Å². The lowest BCUT2D eigenvalue weighted by Crippen LogP contribution is -2.28. The van der Waals surface area contributed by atoms with Gasteiger partial charge >= 0.3 is 0 Å². The second kappa shape index (κ2) is 16.6. The van der Waals surface area contributed by atoms with Crippen molar-refractivity contribution >= 4 is 34.6 Å². The lowest BCUT2D eigenvalue weighted by molar-refractivity contribution is 0.137. The van der Waals surface area contributed by atoms with Crippen LogP contribution in [0.15, 0.2) is 127 Å². The minimum Gasteiger partial charge on any atom is -0.496 e. The molecule has 43 heavy (non-hydrogen) atoms. The topological polar surface area (TPSA) is 21.7 Å². The summed E-state index contributed by atoms with van der Waals surface area (Å²) in [7, 11) is 3.41. The molecule has 0 aliphatic heterocycles. The van der Waals surface area contributed by atoms with E-state index in [0.717, 1.165) is 56.9 Å². The van der Waals surface area contributed by atoms with Gasteiger partial charge in [0.15, 0.2) is 0 Å². The molecule has 0 aromatic heterocycles. The summed E-state index contributed by atoms with van der Waals surface area (Å²) in [4.78, 5) is 2.30. The van der Waals surface area contributed by atoms with E-state index in [1.807, 2.05) is 45.1 Å². The number of anilines is 2. The number of hydrogen-bond donors (Lipinski definition) is 0. The molecule has 0 amide bonds. The quantitative estimate of drug-likeness (QED) is 0.129. The maximum Gasteiger partial charge on any atom is 0.128 e. The summed E-state index contributed by atoms with van der Waals surface area (Å²) in [6.45, 7) is 18.6. The van der Waals surface area contributed by atoms with Crippen LogP contribution < -0.4 is 9.64 Å². The Morgan fingerprint density at radius 1 is 0.907 bits per heavy atom. The third-order valence-electron chi connectivity index (χ3n) is 7.47. The third-order valence-corrected chi connectivity index (χ3v) is 7.62. The van der Waals surface area contributed by atoms with Gasteiger partial charge < -0.3 is 14.4 Å². The molecule has 0 saturated carbocycles. The summed E-state index contributed by atoms with van der Waals surface area (Å²) in [6, 6.07) is 23.1. The molecule has 4 heteroatoms. The molecule has 2 unspecified atom stereocenters. The molecular weight excluding hydrogens is 550 g/mol. The summed E-state index contributed by atoms with van der Waals surface area (Å²) in [5.74, 6) is 0.778. The van der Waals surface area contributed by atoms with E-state index < -0.39 is 0 Å². The minimum absolute atomic E-state index is 0.0662. The highest BCUT2D eigenvalue weighted by atomic mass is 35.5. The SMILES string of the molecule is C=CC(CC=CC)N(c1ccccc1)c1ccc(-c2cccc(C(=C)C(=CC)C(CC(=C)Cl)OC)c2C=CC)c(OC)c1. The van der Waals surface area contributed by atoms with Crippen LogP contribution in [0, 0.1) is 0 Å². The Morgan fingerprint density at radius 3 is 2.23 bits per heavy atom. The second-order valence-electron chi connectivity index (χ2n) is 10.1. The number of halogens is 1. The van der Waals surface area contributed by atoms with Crippen molar-refractivity contribution in [2.45, 2.75) is 45.8 Å². The van der Waals surface area contributed by atoms with Crippen molar-refractivity contribution in [2.24, 2.45) is 0 Å². The maximum absolute atomic E-state index is 6.18. The van der Waals surface area contributed by atoms with Crippen molar-refractivity contribution < 1.29 is 9.47 Å². The fourth-order valence-corrected chi connectivity index (χ4v) is 5.54. The summed E-state index contributed by atoms with van der Waals surface area (Å²) >= 11 is 6.18. The Kier molecular flexibility index (Phi) is 12.9. The number of hydrogen-bond acceptors (Lipinski definition) is 3. The first-order valence-corrected chi connectivity index (χ1v) is 15.0. The van der Waals surface area contributed by atoms with Crippen LogP contribution in [-0.4, -0.2) is 26.4 Å². The lowest BCUT2D eigenvalue weighted by atomic mass is 9.86. The molecule has 0 fully saturated rings. The normalized spacial score (nSPS) is 13.2. The highest BCUT2D eigenvalue weighted by molar-refractivity contribution is 6.29. The highest BCUT2D eigenvalue weighted by Gasteiger charge is 2.23. The minimum atomic E-state index is -0.247. The van der Waals surface area contributed by atoms with E-state index in [1.54, 1.807) is 14.2 Å². The Labute approximate surface area is 263 Å². The van der Waals surface area contributed by atoms with Gasteiger partial charge in [-0.2, -0.15) is 0 Å². The molecule has 0 aliphatic carbocycles. The van der Waals surface area contributed by atoms with E-state index in [1.165, 1.54) is 0 Å². The highest BCUT2D eigenvalue weighted by Crippen LogP contribution is 2.42. The molecule has 3 aromatic carbocycles.